The van der Waals surface area contributed by atoms with Crippen LogP contribution in [-0.4, -0.2) is 61.2 Å². The number of carbonyl (C=O) groups is 1. The highest BCUT2D eigenvalue weighted by Crippen LogP contribution is 2.22. The number of hydrogen-bond donors (Lipinski definition) is 1. The number of carbonyl (C=O) groups excluding carboxylic acids is 1. The summed E-state index contributed by atoms with van der Waals surface area (Å²) in [5.74, 6) is -0.0779. The molecule has 3 aromatic rings. The van der Waals surface area contributed by atoms with Gasteiger partial charge in [0.05, 0.1) is 16.8 Å². The van der Waals surface area contributed by atoms with E-state index in [2.05, 4.69) is 51.3 Å². The van der Waals surface area contributed by atoms with Crippen molar-refractivity contribution in [3.63, 3.8) is 0 Å². The molecule has 30 heavy (non-hydrogen) atoms. The maximum atomic E-state index is 12.1. The van der Waals surface area contributed by atoms with E-state index in [0.29, 0.717) is 19.2 Å². The fourth-order valence-corrected chi connectivity index (χ4v) is 4.62. The Morgan fingerprint density at radius 1 is 1.10 bits per heavy atom. The predicted molar refractivity (Wildman–Crippen MR) is 122 cm³/mol. The highest BCUT2D eigenvalue weighted by molar-refractivity contribution is 7.18. The molecular formula is C23H28N4O2S. The van der Waals surface area contributed by atoms with Gasteiger partial charge in [0, 0.05) is 44.5 Å². The third-order valence-corrected chi connectivity index (χ3v) is 6.46. The van der Waals surface area contributed by atoms with Crippen molar-refractivity contribution in [1.29, 1.82) is 0 Å². The van der Waals surface area contributed by atoms with Crippen LogP contribution in [0.3, 0.4) is 0 Å². The average molecular weight is 425 g/mol. The molecule has 0 aliphatic carbocycles. The summed E-state index contributed by atoms with van der Waals surface area (Å²) >= 11 is 1.61. The molecule has 158 valence electrons. The zero-order valence-corrected chi connectivity index (χ0v) is 18.1. The van der Waals surface area contributed by atoms with Gasteiger partial charge in [0.25, 0.3) is 0 Å². The summed E-state index contributed by atoms with van der Waals surface area (Å²) in [5.41, 5.74) is 2.26. The normalized spacial score (nSPS) is 16.0. The highest BCUT2D eigenvalue weighted by Gasteiger charge is 2.21. The summed E-state index contributed by atoms with van der Waals surface area (Å²) in [7, 11) is 0. The summed E-state index contributed by atoms with van der Waals surface area (Å²) in [4.78, 5) is 21.5. The van der Waals surface area contributed by atoms with Crippen LogP contribution >= 0.6 is 11.3 Å². The van der Waals surface area contributed by atoms with E-state index in [1.54, 1.807) is 11.3 Å². The number of hydrogen-bond acceptors (Lipinski definition) is 6. The Kier molecular flexibility index (Phi) is 6.94. The Bertz CT molecular complexity index is 921. The topological polar surface area (TPSA) is 57.7 Å². The lowest BCUT2D eigenvalue weighted by Gasteiger charge is -2.39. The van der Waals surface area contributed by atoms with Gasteiger partial charge in [-0.3, -0.25) is 9.69 Å². The van der Waals surface area contributed by atoms with Crippen molar-refractivity contribution in [3.8, 4) is 0 Å². The monoisotopic (exact) mass is 424 g/mol. The van der Waals surface area contributed by atoms with E-state index in [1.165, 1.54) is 5.69 Å². The van der Waals surface area contributed by atoms with Gasteiger partial charge >= 0.3 is 0 Å². The van der Waals surface area contributed by atoms with Crippen LogP contribution in [0, 0.1) is 0 Å². The van der Waals surface area contributed by atoms with Crippen molar-refractivity contribution >= 4 is 33.1 Å². The number of piperazine rings is 1. The molecule has 1 saturated heterocycles. The molecule has 1 aliphatic rings. The van der Waals surface area contributed by atoms with Gasteiger partial charge in [-0.15, -0.1) is 11.3 Å². The molecule has 1 fully saturated rings. The number of thiazole rings is 1. The van der Waals surface area contributed by atoms with Crippen molar-refractivity contribution in [2.75, 3.05) is 44.2 Å². The Morgan fingerprint density at radius 3 is 2.60 bits per heavy atom. The number of nitrogens with zero attached hydrogens (tertiary/aromatic N) is 3. The summed E-state index contributed by atoms with van der Waals surface area (Å²) in [6.07, 6.45) is 0. The molecule has 1 atom stereocenters. The van der Waals surface area contributed by atoms with Crippen LogP contribution in [0.25, 0.3) is 10.2 Å². The Hall–Kier alpha value is -2.48. The molecule has 4 rings (SSSR count). The molecule has 1 aliphatic heterocycles. The number of para-hydroxylation sites is 2. The van der Waals surface area contributed by atoms with Gasteiger partial charge in [-0.25, -0.2) is 4.98 Å². The molecule has 6 nitrogen and oxygen atoms in total. The number of fused-ring (bicyclic) bond motifs is 1. The minimum atomic E-state index is -0.0779. The van der Waals surface area contributed by atoms with Gasteiger partial charge in [0.1, 0.15) is 11.6 Å². The number of ether oxygens (including phenoxy) is 1. The molecule has 0 saturated carbocycles. The van der Waals surface area contributed by atoms with Crippen molar-refractivity contribution < 1.29 is 9.53 Å². The lowest BCUT2D eigenvalue weighted by atomic mass is 10.2. The molecule has 1 aromatic heterocycles. The largest absolute Gasteiger partial charge is 0.369 e. The summed E-state index contributed by atoms with van der Waals surface area (Å²) < 4.78 is 6.71. The zero-order valence-electron chi connectivity index (χ0n) is 17.3. The number of benzene rings is 2. The maximum absolute atomic E-state index is 12.1. The Labute approximate surface area is 181 Å². The van der Waals surface area contributed by atoms with E-state index < -0.39 is 0 Å². The second-order valence-electron chi connectivity index (χ2n) is 7.58. The fourth-order valence-electron chi connectivity index (χ4n) is 3.71. The lowest BCUT2D eigenvalue weighted by molar-refractivity contribution is -0.126. The first kappa shape index (κ1) is 20.8. The maximum Gasteiger partial charge on any atom is 0.246 e. The molecule has 0 radical (unpaired) electrons. The van der Waals surface area contributed by atoms with Gasteiger partial charge in [-0.05, 0) is 31.2 Å². The molecule has 1 amide bonds. The number of anilines is 1. The molecule has 7 heteroatoms. The summed E-state index contributed by atoms with van der Waals surface area (Å²) in [6, 6.07) is 18.8. The molecule has 1 N–H and O–H groups in total. The summed E-state index contributed by atoms with van der Waals surface area (Å²) in [5, 5.41) is 3.90. The molecule has 2 heterocycles. The number of amides is 1. The minimum Gasteiger partial charge on any atom is -0.369 e. The second-order valence-corrected chi connectivity index (χ2v) is 8.69. The van der Waals surface area contributed by atoms with E-state index in [-0.39, 0.29) is 12.5 Å². The zero-order chi connectivity index (χ0) is 20.8. The van der Waals surface area contributed by atoms with Crippen LogP contribution in [0.15, 0.2) is 54.6 Å². The lowest BCUT2D eigenvalue weighted by Crippen LogP contribution is -2.52. The third-order valence-electron chi connectivity index (χ3n) is 5.45. The van der Waals surface area contributed by atoms with Crippen LogP contribution < -0.4 is 10.2 Å². The SMILES string of the molecule is C[C@@H](CNC(=O)COCc1nc2ccccc2s1)N1CCN(c2ccccc2)CC1. The number of nitrogens with one attached hydrogen (secondary N) is 1. The van der Waals surface area contributed by atoms with E-state index in [0.717, 1.165) is 41.4 Å². The average Bonchev–Trinajstić information content (AvgIpc) is 3.21. The van der Waals surface area contributed by atoms with Crippen LogP contribution in [0.1, 0.15) is 11.9 Å². The number of rotatable bonds is 8. The van der Waals surface area contributed by atoms with Gasteiger partial charge in [-0.2, -0.15) is 0 Å². The molecule has 2 aromatic carbocycles. The van der Waals surface area contributed by atoms with Gasteiger partial charge in [0.15, 0.2) is 0 Å². The standard InChI is InChI=1S/C23H28N4O2S/c1-18(26-11-13-27(14-12-26)19-7-3-2-4-8-19)15-24-22(28)16-29-17-23-25-20-9-5-6-10-21(20)30-23/h2-10,18H,11-17H2,1H3,(H,24,28)/t18-/m0/s1. The van der Waals surface area contributed by atoms with Crippen molar-refractivity contribution in [2.45, 2.75) is 19.6 Å². The van der Waals surface area contributed by atoms with Crippen LogP contribution in [0.4, 0.5) is 5.69 Å². The minimum absolute atomic E-state index is 0.0600. The molecule has 0 bridgehead atoms. The third kappa shape index (κ3) is 5.36. The van der Waals surface area contributed by atoms with Crippen LogP contribution in [0.5, 0.6) is 0 Å². The molecular weight excluding hydrogens is 396 g/mol. The van der Waals surface area contributed by atoms with Gasteiger partial charge in [-0.1, -0.05) is 30.3 Å². The van der Waals surface area contributed by atoms with Crippen molar-refractivity contribution in [2.24, 2.45) is 0 Å². The highest BCUT2D eigenvalue weighted by atomic mass is 32.1. The first-order valence-electron chi connectivity index (χ1n) is 10.4. The molecule has 0 unspecified atom stereocenters. The van der Waals surface area contributed by atoms with Crippen LogP contribution in [0.2, 0.25) is 0 Å². The quantitative estimate of drug-likeness (QED) is 0.602. The van der Waals surface area contributed by atoms with Crippen molar-refractivity contribution in [3.05, 3.63) is 59.6 Å². The summed E-state index contributed by atoms with van der Waals surface area (Å²) in [6.45, 7) is 7.24. The van der Waals surface area contributed by atoms with E-state index in [1.807, 2.05) is 30.3 Å². The fraction of sp³-hybridized carbons (Fsp3) is 0.391. The first-order chi connectivity index (χ1) is 14.7. The predicted octanol–water partition coefficient (Wildman–Crippen LogP) is 3.14. The first-order valence-corrected chi connectivity index (χ1v) is 11.2. The van der Waals surface area contributed by atoms with Crippen molar-refractivity contribution in [1.82, 2.24) is 15.2 Å². The Balaban J connectivity index is 1.14. The van der Waals surface area contributed by atoms with E-state index in [9.17, 15) is 4.79 Å². The van der Waals surface area contributed by atoms with Gasteiger partial charge in [0.2, 0.25) is 5.91 Å². The van der Waals surface area contributed by atoms with E-state index >= 15 is 0 Å². The Morgan fingerprint density at radius 2 is 1.83 bits per heavy atom. The van der Waals surface area contributed by atoms with Crippen LogP contribution in [-0.2, 0) is 16.1 Å². The molecule has 0 spiro atoms. The smallest absolute Gasteiger partial charge is 0.246 e. The second kappa shape index (κ2) is 10.0. The van der Waals surface area contributed by atoms with Gasteiger partial charge < -0.3 is 15.0 Å². The number of aromatic nitrogens is 1. The van der Waals surface area contributed by atoms with E-state index in [4.69, 9.17) is 4.74 Å².